The Kier molecular flexibility index (Phi) is 5.04. The van der Waals surface area contributed by atoms with Gasteiger partial charge in [-0.3, -0.25) is 9.59 Å². The molecule has 1 aliphatic carbocycles. The van der Waals surface area contributed by atoms with Gasteiger partial charge in [0.2, 0.25) is 11.3 Å². The van der Waals surface area contributed by atoms with Crippen molar-refractivity contribution in [3.63, 3.8) is 0 Å². The van der Waals surface area contributed by atoms with Crippen molar-refractivity contribution in [2.24, 2.45) is 0 Å². The molecule has 8 nitrogen and oxygen atoms in total. The van der Waals surface area contributed by atoms with E-state index in [9.17, 15) is 9.59 Å². The van der Waals surface area contributed by atoms with Gasteiger partial charge in [-0.1, -0.05) is 0 Å². The van der Waals surface area contributed by atoms with E-state index >= 15 is 0 Å². The van der Waals surface area contributed by atoms with Crippen molar-refractivity contribution >= 4 is 5.91 Å². The molecule has 0 atom stereocenters. The molecule has 0 unspecified atom stereocenters. The van der Waals surface area contributed by atoms with Crippen molar-refractivity contribution < 1.29 is 9.53 Å². The van der Waals surface area contributed by atoms with Gasteiger partial charge in [-0.2, -0.15) is 5.26 Å². The molecule has 0 radical (unpaired) electrons. The highest BCUT2D eigenvalue weighted by Gasteiger charge is 2.25. The van der Waals surface area contributed by atoms with E-state index in [1.807, 2.05) is 6.07 Å². The van der Waals surface area contributed by atoms with E-state index in [0.717, 1.165) is 25.7 Å². The van der Waals surface area contributed by atoms with Crippen LogP contribution in [0.25, 0.3) is 0 Å². The molecule has 1 amide bonds. The summed E-state index contributed by atoms with van der Waals surface area (Å²) in [5, 5.41) is 12.0. The molecule has 0 spiro atoms. The van der Waals surface area contributed by atoms with Crippen LogP contribution in [0.3, 0.4) is 0 Å². The lowest BCUT2D eigenvalue weighted by Gasteiger charge is -2.29. The van der Waals surface area contributed by atoms with E-state index in [4.69, 9.17) is 10.00 Å². The number of nitriles is 1. The smallest absolute Gasteiger partial charge is 0.251 e. The van der Waals surface area contributed by atoms with E-state index < -0.39 is 0 Å². The summed E-state index contributed by atoms with van der Waals surface area (Å²) >= 11 is 0. The highest BCUT2D eigenvalue weighted by Crippen LogP contribution is 2.24. The van der Waals surface area contributed by atoms with Crippen LogP contribution < -0.4 is 15.6 Å². The summed E-state index contributed by atoms with van der Waals surface area (Å²) in [6.07, 6.45) is 7.32. The number of H-pyrrole nitrogens is 1. The monoisotopic (exact) mass is 339 g/mol. The number of amides is 1. The van der Waals surface area contributed by atoms with E-state index in [2.05, 4.69) is 20.3 Å². The number of carbonyl (C=O) groups is 1. The van der Waals surface area contributed by atoms with Gasteiger partial charge in [0.1, 0.15) is 12.2 Å². The molecule has 3 rings (SSSR count). The van der Waals surface area contributed by atoms with Crippen LogP contribution in [-0.2, 0) is 0 Å². The zero-order chi connectivity index (χ0) is 17.6. The molecule has 2 aromatic rings. The Bertz CT molecular complexity index is 850. The van der Waals surface area contributed by atoms with E-state index in [0.29, 0.717) is 5.56 Å². The van der Waals surface area contributed by atoms with Crippen molar-refractivity contribution in [3.8, 4) is 11.9 Å². The molecule has 0 bridgehead atoms. The molecule has 1 saturated carbocycles. The normalized spacial score (nSPS) is 19.6. The van der Waals surface area contributed by atoms with E-state index in [1.54, 1.807) is 6.07 Å². The number of ether oxygens (including phenoxy) is 1. The van der Waals surface area contributed by atoms with Crippen molar-refractivity contribution in [2.45, 2.75) is 37.8 Å². The van der Waals surface area contributed by atoms with Crippen LogP contribution in [0.2, 0.25) is 0 Å². The molecule has 2 heterocycles. The summed E-state index contributed by atoms with van der Waals surface area (Å²) in [5.74, 6) is -0.00263. The average Bonchev–Trinajstić information content (AvgIpc) is 2.64. The van der Waals surface area contributed by atoms with Crippen LogP contribution in [-0.4, -0.2) is 33.0 Å². The number of nitrogens with one attached hydrogen (secondary N) is 2. The van der Waals surface area contributed by atoms with Crippen LogP contribution in [0.5, 0.6) is 5.88 Å². The summed E-state index contributed by atoms with van der Waals surface area (Å²) < 4.78 is 5.78. The van der Waals surface area contributed by atoms with Gasteiger partial charge in [0, 0.05) is 36.3 Å². The third-order valence-corrected chi connectivity index (χ3v) is 4.10. The van der Waals surface area contributed by atoms with Gasteiger partial charge in [-0.25, -0.2) is 9.97 Å². The maximum Gasteiger partial charge on any atom is 0.251 e. The first-order chi connectivity index (χ1) is 12.2. The Labute approximate surface area is 143 Å². The second kappa shape index (κ2) is 7.57. The number of hydrogen-bond acceptors (Lipinski definition) is 6. The molecule has 8 heteroatoms. The zero-order valence-electron chi connectivity index (χ0n) is 13.4. The maximum absolute atomic E-state index is 12.2. The molecule has 1 fully saturated rings. The molecule has 25 heavy (non-hydrogen) atoms. The first kappa shape index (κ1) is 16.6. The second-order valence-electron chi connectivity index (χ2n) is 5.83. The molecule has 128 valence electrons. The number of pyridine rings is 1. The van der Waals surface area contributed by atoms with Gasteiger partial charge in [-0.05, 0) is 31.7 Å². The lowest BCUT2D eigenvalue weighted by atomic mass is 9.92. The fourth-order valence-electron chi connectivity index (χ4n) is 2.83. The number of hydrogen-bond donors (Lipinski definition) is 2. The highest BCUT2D eigenvalue weighted by atomic mass is 16.5. The fraction of sp³-hybridized carbons (Fsp3) is 0.353. The Hall–Kier alpha value is -3.21. The highest BCUT2D eigenvalue weighted by molar-refractivity contribution is 5.94. The fourth-order valence-corrected chi connectivity index (χ4v) is 2.83. The predicted molar refractivity (Wildman–Crippen MR) is 87.9 cm³/mol. The van der Waals surface area contributed by atoms with Crippen LogP contribution in [0.15, 0.2) is 35.5 Å². The van der Waals surface area contributed by atoms with Crippen LogP contribution in [0, 0.1) is 11.3 Å². The number of aromatic nitrogens is 3. The number of rotatable bonds is 4. The minimum absolute atomic E-state index is 0.0314. The van der Waals surface area contributed by atoms with Gasteiger partial charge in [0.05, 0.1) is 0 Å². The molecule has 0 aromatic carbocycles. The van der Waals surface area contributed by atoms with E-state index in [1.165, 1.54) is 24.7 Å². The second-order valence-corrected chi connectivity index (χ2v) is 5.83. The standard InChI is InChI=1S/C17H17N5O3/c18-10-14-17(21-8-7-19-14)25-13-3-1-12(2-4-13)22-16(24)11-5-6-20-15(23)9-11/h5-9,12-13H,1-4H2,(H,20,23)(H,22,24). The molecule has 2 aromatic heterocycles. The third-order valence-electron chi connectivity index (χ3n) is 4.10. The largest absolute Gasteiger partial charge is 0.472 e. The van der Waals surface area contributed by atoms with Gasteiger partial charge in [0.25, 0.3) is 11.8 Å². The van der Waals surface area contributed by atoms with Crippen molar-refractivity contribution in [2.75, 3.05) is 0 Å². The summed E-state index contributed by atoms with van der Waals surface area (Å²) in [4.78, 5) is 33.9. The molecule has 1 aliphatic rings. The van der Waals surface area contributed by atoms with Crippen LogP contribution in [0.1, 0.15) is 41.7 Å². The number of nitrogens with zero attached hydrogens (tertiary/aromatic N) is 3. The number of carbonyl (C=O) groups excluding carboxylic acids is 1. The Morgan fingerprint density at radius 1 is 1.28 bits per heavy atom. The van der Waals surface area contributed by atoms with Gasteiger partial charge in [0.15, 0.2) is 0 Å². The third kappa shape index (κ3) is 4.20. The van der Waals surface area contributed by atoms with Crippen LogP contribution >= 0.6 is 0 Å². The zero-order valence-corrected chi connectivity index (χ0v) is 13.4. The van der Waals surface area contributed by atoms with Crippen molar-refractivity contribution in [1.82, 2.24) is 20.3 Å². The first-order valence-corrected chi connectivity index (χ1v) is 8.03. The van der Waals surface area contributed by atoms with Gasteiger partial charge in [-0.15, -0.1) is 0 Å². The Balaban J connectivity index is 1.53. The number of aromatic amines is 1. The SMILES string of the molecule is N#Cc1nccnc1OC1CCC(NC(=O)c2cc[nH]c(=O)c2)CC1. The molecule has 2 N–H and O–H groups in total. The lowest BCUT2D eigenvalue weighted by molar-refractivity contribution is 0.0889. The van der Waals surface area contributed by atoms with Gasteiger partial charge < -0.3 is 15.0 Å². The summed E-state index contributed by atoms with van der Waals surface area (Å²) in [5.41, 5.74) is 0.217. The molecular weight excluding hydrogens is 322 g/mol. The minimum Gasteiger partial charge on any atom is -0.472 e. The molecule has 0 aliphatic heterocycles. The predicted octanol–water partition coefficient (Wildman–Crippen LogP) is 1.16. The Morgan fingerprint density at radius 3 is 2.76 bits per heavy atom. The lowest BCUT2D eigenvalue weighted by Crippen LogP contribution is -2.40. The quantitative estimate of drug-likeness (QED) is 0.862. The molecule has 0 saturated heterocycles. The maximum atomic E-state index is 12.2. The van der Waals surface area contributed by atoms with Crippen molar-refractivity contribution in [3.05, 3.63) is 52.3 Å². The van der Waals surface area contributed by atoms with Crippen molar-refractivity contribution in [1.29, 1.82) is 5.26 Å². The van der Waals surface area contributed by atoms with Crippen LogP contribution in [0.4, 0.5) is 0 Å². The topological polar surface area (TPSA) is 121 Å². The minimum atomic E-state index is -0.304. The summed E-state index contributed by atoms with van der Waals surface area (Å²) in [7, 11) is 0. The van der Waals surface area contributed by atoms with Gasteiger partial charge >= 0.3 is 0 Å². The Morgan fingerprint density at radius 2 is 2.04 bits per heavy atom. The molecular formula is C17H17N5O3. The average molecular weight is 339 g/mol. The first-order valence-electron chi connectivity index (χ1n) is 8.03. The van der Waals surface area contributed by atoms with E-state index in [-0.39, 0.29) is 35.2 Å². The summed E-state index contributed by atoms with van der Waals surface area (Å²) in [6, 6.07) is 4.84. The summed E-state index contributed by atoms with van der Waals surface area (Å²) in [6.45, 7) is 0.